The smallest absolute Gasteiger partial charge is 0.339 e. The molecule has 2 aromatic rings. The first-order valence-corrected chi connectivity index (χ1v) is 8.36. The van der Waals surface area contributed by atoms with Gasteiger partial charge in [0.25, 0.3) is 0 Å². The molecule has 1 N–H and O–H groups in total. The van der Waals surface area contributed by atoms with Gasteiger partial charge in [-0.15, -0.1) is 0 Å². The number of esters is 1. The molecule has 22 heavy (non-hydrogen) atoms. The van der Waals surface area contributed by atoms with E-state index in [2.05, 4.69) is 9.46 Å². The number of nitrogens with one attached hydrogen (secondary N) is 1. The van der Waals surface area contributed by atoms with Crippen molar-refractivity contribution in [2.45, 2.75) is 5.75 Å². The van der Waals surface area contributed by atoms with Crippen molar-refractivity contribution in [2.24, 2.45) is 0 Å². The van der Waals surface area contributed by atoms with Gasteiger partial charge >= 0.3 is 5.97 Å². The fourth-order valence-electron chi connectivity index (χ4n) is 1.86. The lowest BCUT2D eigenvalue weighted by Gasteiger charge is -2.11. The number of carbonyl (C=O) groups excluding carboxylic acids is 1. The summed E-state index contributed by atoms with van der Waals surface area (Å²) in [5.74, 6) is -0.829. The maximum atomic E-state index is 12.2. The van der Waals surface area contributed by atoms with Crippen LogP contribution in [0.1, 0.15) is 15.9 Å². The van der Waals surface area contributed by atoms with Crippen molar-refractivity contribution in [1.82, 2.24) is 0 Å². The van der Waals surface area contributed by atoms with Crippen LogP contribution in [0.2, 0.25) is 5.02 Å². The molecule has 2 aromatic carbocycles. The van der Waals surface area contributed by atoms with Crippen molar-refractivity contribution < 1.29 is 17.9 Å². The Morgan fingerprint density at radius 2 is 1.77 bits per heavy atom. The largest absolute Gasteiger partial charge is 0.465 e. The Morgan fingerprint density at radius 1 is 1.14 bits per heavy atom. The van der Waals surface area contributed by atoms with Gasteiger partial charge in [0.05, 0.1) is 24.1 Å². The highest BCUT2D eigenvalue weighted by Crippen LogP contribution is 2.19. The number of hydrogen-bond acceptors (Lipinski definition) is 4. The molecule has 116 valence electrons. The molecule has 0 aromatic heterocycles. The summed E-state index contributed by atoms with van der Waals surface area (Å²) < 4.78 is 31.5. The summed E-state index contributed by atoms with van der Waals surface area (Å²) in [4.78, 5) is 11.6. The summed E-state index contributed by atoms with van der Waals surface area (Å²) in [6, 6.07) is 12.8. The Balaban J connectivity index is 2.22. The topological polar surface area (TPSA) is 72.5 Å². The Labute approximate surface area is 133 Å². The van der Waals surface area contributed by atoms with Gasteiger partial charge in [-0.05, 0) is 29.8 Å². The molecule has 0 aliphatic carbocycles. The van der Waals surface area contributed by atoms with E-state index in [1.165, 1.54) is 19.2 Å². The first-order valence-electron chi connectivity index (χ1n) is 6.33. The molecular formula is C15H14ClNO4S. The van der Waals surface area contributed by atoms with E-state index in [9.17, 15) is 13.2 Å². The highest BCUT2D eigenvalue weighted by Gasteiger charge is 2.17. The van der Waals surface area contributed by atoms with Gasteiger partial charge < -0.3 is 4.74 Å². The number of anilines is 1. The molecule has 0 amide bonds. The van der Waals surface area contributed by atoms with Crippen LogP contribution in [0.25, 0.3) is 0 Å². The third-order valence-electron chi connectivity index (χ3n) is 2.87. The Bertz CT molecular complexity index is 772. The number of ether oxygens (including phenoxy) is 1. The lowest BCUT2D eigenvalue weighted by molar-refractivity contribution is 0.0602. The number of para-hydroxylation sites is 1. The van der Waals surface area contributed by atoms with E-state index >= 15 is 0 Å². The van der Waals surface area contributed by atoms with E-state index in [4.69, 9.17) is 11.6 Å². The second-order valence-electron chi connectivity index (χ2n) is 4.52. The van der Waals surface area contributed by atoms with Gasteiger partial charge in [-0.3, -0.25) is 4.72 Å². The molecule has 0 atom stereocenters. The quantitative estimate of drug-likeness (QED) is 0.850. The van der Waals surface area contributed by atoms with Gasteiger partial charge in [0.1, 0.15) is 0 Å². The average Bonchev–Trinajstić information content (AvgIpc) is 2.49. The van der Waals surface area contributed by atoms with Gasteiger partial charge in [-0.25, -0.2) is 13.2 Å². The van der Waals surface area contributed by atoms with Gasteiger partial charge in [0, 0.05) is 5.02 Å². The summed E-state index contributed by atoms with van der Waals surface area (Å²) in [5, 5.41) is 0.533. The zero-order chi connectivity index (χ0) is 16.2. The van der Waals surface area contributed by atoms with Crippen molar-refractivity contribution in [1.29, 1.82) is 0 Å². The second kappa shape index (κ2) is 6.81. The molecule has 0 unspecified atom stereocenters. The van der Waals surface area contributed by atoms with Gasteiger partial charge in [-0.1, -0.05) is 35.9 Å². The highest BCUT2D eigenvalue weighted by molar-refractivity contribution is 7.91. The van der Waals surface area contributed by atoms with Crippen LogP contribution >= 0.6 is 11.6 Å². The van der Waals surface area contributed by atoms with E-state index < -0.39 is 16.0 Å². The number of halogens is 1. The van der Waals surface area contributed by atoms with Crippen LogP contribution in [0.3, 0.4) is 0 Å². The van der Waals surface area contributed by atoms with Crippen LogP contribution in [0.15, 0.2) is 48.5 Å². The lowest BCUT2D eigenvalue weighted by atomic mass is 10.2. The van der Waals surface area contributed by atoms with Gasteiger partial charge in [0.15, 0.2) is 0 Å². The summed E-state index contributed by atoms with van der Waals surface area (Å²) in [6.07, 6.45) is 0. The number of sulfonamides is 1. The van der Waals surface area contributed by atoms with E-state index in [1.807, 2.05) is 0 Å². The zero-order valence-electron chi connectivity index (χ0n) is 11.7. The molecule has 0 heterocycles. The second-order valence-corrected chi connectivity index (χ2v) is 6.68. The van der Waals surface area contributed by atoms with Crippen molar-refractivity contribution >= 4 is 33.3 Å². The molecule has 2 rings (SSSR count). The standard InChI is InChI=1S/C15H14ClNO4S/c1-21-15(18)13-4-2-3-5-14(13)17-22(19,20)10-11-6-8-12(16)9-7-11/h2-9,17H,10H2,1H3. The van der Waals surface area contributed by atoms with Crippen LogP contribution in [0.5, 0.6) is 0 Å². The Kier molecular flexibility index (Phi) is 5.05. The van der Waals surface area contributed by atoms with E-state index in [1.54, 1.807) is 36.4 Å². The minimum Gasteiger partial charge on any atom is -0.465 e. The first kappa shape index (κ1) is 16.3. The summed E-state index contributed by atoms with van der Waals surface area (Å²) in [6.45, 7) is 0. The minimum atomic E-state index is -3.67. The number of benzene rings is 2. The fourth-order valence-corrected chi connectivity index (χ4v) is 3.21. The predicted octanol–water partition coefficient (Wildman–Crippen LogP) is 3.07. The SMILES string of the molecule is COC(=O)c1ccccc1NS(=O)(=O)Cc1ccc(Cl)cc1. The van der Waals surface area contributed by atoms with Crippen LogP contribution < -0.4 is 4.72 Å². The number of methoxy groups -OCH3 is 1. The van der Waals surface area contributed by atoms with E-state index in [0.29, 0.717) is 10.6 Å². The highest BCUT2D eigenvalue weighted by atomic mass is 35.5. The monoisotopic (exact) mass is 339 g/mol. The third-order valence-corrected chi connectivity index (χ3v) is 4.36. The molecular weight excluding hydrogens is 326 g/mol. The molecule has 0 radical (unpaired) electrons. The Hall–Kier alpha value is -2.05. The number of rotatable bonds is 5. The van der Waals surface area contributed by atoms with E-state index in [0.717, 1.165) is 0 Å². The average molecular weight is 340 g/mol. The first-order chi connectivity index (χ1) is 10.4. The van der Waals surface area contributed by atoms with Crippen molar-refractivity contribution in [3.63, 3.8) is 0 Å². The predicted molar refractivity (Wildman–Crippen MR) is 85.5 cm³/mol. The summed E-state index contributed by atoms with van der Waals surface area (Å²) in [5.41, 5.74) is 0.931. The number of carbonyl (C=O) groups is 1. The molecule has 0 saturated carbocycles. The van der Waals surface area contributed by atoms with Crippen LogP contribution in [0, 0.1) is 0 Å². The normalized spacial score (nSPS) is 11.0. The summed E-state index contributed by atoms with van der Waals surface area (Å²) >= 11 is 5.77. The van der Waals surface area contributed by atoms with E-state index in [-0.39, 0.29) is 17.0 Å². The maximum Gasteiger partial charge on any atom is 0.339 e. The zero-order valence-corrected chi connectivity index (χ0v) is 13.3. The molecule has 0 spiro atoms. The van der Waals surface area contributed by atoms with Crippen LogP contribution in [0.4, 0.5) is 5.69 Å². The molecule has 0 saturated heterocycles. The molecule has 0 aliphatic rings. The molecule has 5 nitrogen and oxygen atoms in total. The Morgan fingerprint density at radius 3 is 2.41 bits per heavy atom. The van der Waals surface area contributed by atoms with Gasteiger partial charge in [0.2, 0.25) is 10.0 Å². The fraction of sp³-hybridized carbons (Fsp3) is 0.133. The minimum absolute atomic E-state index is 0.157. The molecule has 7 heteroatoms. The molecule has 0 bridgehead atoms. The molecule has 0 fully saturated rings. The molecule has 0 aliphatic heterocycles. The summed E-state index contributed by atoms with van der Waals surface area (Å²) in [7, 11) is -2.43. The maximum absolute atomic E-state index is 12.2. The lowest BCUT2D eigenvalue weighted by Crippen LogP contribution is -2.17. The van der Waals surface area contributed by atoms with Crippen LogP contribution in [-0.2, 0) is 20.5 Å². The van der Waals surface area contributed by atoms with Crippen molar-refractivity contribution in [3.8, 4) is 0 Å². The van der Waals surface area contributed by atoms with Crippen molar-refractivity contribution in [2.75, 3.05) is 11.8 Å². The third kappa shape index (κ3) is 4.22. The number of hydrogen-bond donors (Lipinski definition) is 1. The van der Waals surface area contributed by atoms with Crippen molar-refractivity contribution in [3.05, 3.63) is 64.7 Å². The van der Waals surface area contributed by atoms with Crippen LogP contribution in [-0.4, -0.2) is 21.5 Å². The van der Waals surface area contributed by atoms with Gasteiger partial charge in [-0.2, -0.15) is 0 Å².